The summed E-state index contributed by atoms with van der Waals surface area (Å²) in [5, 5.41) is 40.8. The molecule has 4 aromatic rings. The Morgan fingerprint density at radius 2 is 0.833 bits per heavy atom. The molecule has 0 bridgehead atoms. The number of hydrogen-bond acceptors (Lipinski definition) is 4. The molecule has 0 aliphatic carbocycles. The van der Waals surface area contributed by atoms with Gasteiger partial charge in [0.1, 0.15) is 23.0 Å². The molecule has 150 valence electrons. The first-order chi connectivity index (χ1) is 14.5. The number of phenols is 4. The molecule has 0 fully saturated rings. The van der Waals surface area contributed by atoms with Crippen molar-refractivity contribution < 1.29 is 20.4 Å². The summed E-state index contributed by atoms with van der Waals surface area (Å²) in [6.45, 7) is 0. The van der Waals surface area contributed by atoms with Crippen LogP contribution in [0.2, 0.25) is 0 Å². The molecule has 0 amide bonds. The first kappa shape index (κ1) is 19.4. The van der Waals surface area contributed by atoms with E-state index in [0.717, 1.165) is 22.3 Å². The van der Waals surface area contributed by atoms with Gasteiger partial charge in [0.2, 0.25) is 0 Å². The van der Waals surface area contributed by atoms with Crippen LogP contribution in [0, 0.1) is 0 Å². The number of benzene rings is 4. The van der Waals surface area contributed by atoms with Crippen molar-refractivity contribution in [2.75, 3.05) is 0 Å². The summed E-state index contributed by atoms with van der Waals surface area (Å²) in [6.07, 6.45) is 0.428. The lowest BCUT2D eigenvalue weighted by Gasteiger charge is -2.36. The fourth-order valence-corrected chi connectivity index (χ4v) is 4.09. The van der Waals surface area contributed by atoms with Gasteiger partial charge in [0.15, 0.2) is 0 Å². The minimum absolute atomic E-state index is 0.119. The summed E-state index contributed by atoms with van der Waals surface area (Å²) < 4.78 is 0. The van der Waals surface area contributed by atoms with Gasteiger partial charge in [-0.25, -0.2) is 0 Å². The van der Waals surface area contributed by atoms with Crippen molar-refractivity contribution in [3.8, 4) is 23.0 Å². The van der Waals surface area contributed by atoms with Crippen LogP contribution < -0.4 is 0 Å². The van der Waals surface area contributed by atoms with Gasteiger partial charge in [-0.3, -0.25) is 0 Å². The lowest BCUT2D eigenvalue weighted by molar-refractivity contribution is 0.465. The summed E-state index contributed by atoms with van der Waals surface area (Å²) in [6, 6.07) is 28.0. The van der Waals surface area contributed by atoms with Crippen LogP contribution in [0.5, 0.6) is 23.0 Å². The molecule has 0 atom stereocenters. The van der Waals surface area contributed by atoms with Crippen molar-refractivity contribution in [1.82, 2.24) is 0 Å². The highest BCUT2D eigenvalue weighted by Gasteiger charge is 2.37. The van der Waals surface area contributed by atoms with Gasteiger partial charge in [-0.15, -0.1) is 0 Å². The topological polar surface area (TPSA) is 80.9 Å². The third-order valence-electron chi connectivity index (χ3n) is 5.40. The molecule has 0 radical (unpaired) electrons. The Hall–Kier alpha value is -3.92. The van der Waals surface area contributed by atoms with Crippen molar-refractivity contribution in [3.05, 3.63) is 119 Å². The number of hydrogen-bond donors (Lipinski definition) is 4. The highest BCUT2D eigenvalue weighted by molar-refractivity contribution is 5.55. The molecule has 0 saturated heterocycles. The van der Waals surface area contributed by atoms with E-state index in [9.17, 15) is 20.4 Å². The molecule has 30 heavy (non-hydrogen) atoms. The second-order valence-electron chi connectivity index (χ2n) is 7.40. The monoisotopic (exact) mass is 398 g/mol. The Kier molecular flexibility index (Phi) is 5.07. The molecule has 4 rings (SSSR count). The van der Waals surface area contributed by atoms with E-state index in [1.165, 1.54) is 0 Å². The molecule has 4 nitrogen and oxygen atoms in total. The average Bonchev–Trinajstić information content (AvgIpc) is 2.72. The zero-order chi connectivity index (χ0) is 21.1. The maximum atomic E-state index is 10.3. The fraction of sp³-hybridized carbons (Fsp3) is 0.0769. The van der Waals surface area contributed by atoms with Gasteiger partial charge in [-0.05, 0) is 77.2 Å². The van der Waals surface area contributed by atoms with Crippen LogP contribution in [0.1, 0.15) is 22.3 Å². The van der Waals surface area contributed by atoms with Gasteiger partial charge in [-0.2, -0.15) is 0 Å². The molecule has 0 aliphatic heterocycles. The third kappa shape index (κ3) is 3.67. The quantitative estimate of drug-likeness (QED) is 0.353. The Bertz CT molecular complexity index is 1070. The second kappa shape index (κ2) is 7.84. The van der Waals surface area contributed by atoms with Crippen LogP contribution in [0.25, 0.3) is 0 Å². The highest BCUT2D eigenvalue weighted by Crippen LogP contribution is 2.44. The number of aromatic hydroxyl groups is 4. The maximum absolute atomic E-state index is 10.3. The van der Waals surface area contributed by atoms with Crippen molar-refractivity contribution in [1.29, 1.82) is 0 Å². The van der Waals surface area contributed by atoms with E-state index in [1.54, 1.807) is 72.8 Å². The van der Waals surface area contributed by atoms with E-state index < -0.39 is 5.41 Å². The van der Waals surface area contributed by atoms with Gasteiger partial charge >= 0.3 is 0 Å². The molecule has 4 aromatic carbocycles. The van der Waals surface area contributed by atoms with Crippen LogP contribution in [0.15, 0.2) is 97.1 Å². The molecular weight excluding hydrogens is 376 g/mol. The smallest absolute Gasteiger partial charge is 0.115 e. The molecular formula is C26H22O4. The first-order valence-corrected chi connectivity index (χ1v) is 9.64. The van der Waals surface area contributed by atoms with Crippen LogP contribution >= 0.6 is 0 Å². The first-order valence-electron chi connectivity index (χ1n) is 9.64. The Balaban J connectivity index is 2.06. The molecule has 0 saturated carbocycles. The normalized spacial score (nSPS) is 11.3. The van der Waals surface area contributed by atoms with Gasteiger partial charge in [0.25, 0.3) is 0 Å². The molecule has 4 N–H and O–H groups in total. The summed E-state index contributed by atoms with van der Waals surface area (Å²) >= 11 is 0. The summed E-state index contributed by atoms with van der Waals surface area (Å²) in [5.41, 5.74) is 2.40. The second-order valence-corrected chi connectivity index (χ2v) is 7.40. The van der Waals surface area contributed by atoms with E-state index in [0.29, 0.717) is 6.42 Å². The predicted octanol–water partition coefficient (Wildman–Crippen LogP) is 5.09. The molecule has 0 aliphatic rings. The average molecular weight is 398 g/mol. The van der Waals surface area contributed by atoms with Gasteiger partial charge in [0, 0.05) is 5.41 Å². The van der Waals surface area contributed by atoms with Crippen LogP contribution in [0.3, 0.4) is 0 Å². The zero-order valence-corrected chi connectivity index (χ0v) is 16.2. The molecule has 0 heterocycles. The van der Waals surface area contributed by atoms with Crippen LogP contribution in [-0.2, 0) is 11.8 Å². The Morgan fingerprint density at radius 3 is 1.20 bits per heavy atom. The van der Waals surface area contributed by atoms with Crippen molar-refractivity contribution in [2.24, 2.45) is 0 Å². The highest BCUT2D eigenvalue weighted by atomic mass is 16.3. The van der Waals surface area contributed by atoms with E-state index in [2.05, 4.69) is 0 Å². The van der Waals surface area contributed by atoms with Crippen molar-refractivity contribution in [3.63, 3.8) is 0 Å². The molecule has 0 unspecified atom stereocenters. The van der Waals surface area contributed by atoms with Gasteiger partial charge in [0.05, 0.1) is 0 Å². The predicted molar refractivity (Wildman–Crippen MR) is 116 cm³/mol. The summed E-state index contributed by atoms with van der Waals surface area (Å²) in [7, 11) is 0. The minimum atomic E-state index is -0.843. The zero-order valence-electron chi connectivity index (χ0n) is 16.2. The summed E-state index contributed by atoms with van der Waals surface area (Å²) in [5.74, 6) is 0.512. The van der Waals surface area contributed by atoms with Crippen molar-refractivity contribution in [2.45, 2.75) is 11.8 Å². The van der Waals surface area contributed by atoms with Crippen LogP contribution in [-0.4, -0.2) is 20.4 Å². The Labute approximate surface area is 175 Å². The largest absolute Gasteiger partial charge is 0.508 e. The number of phenolic OH excluding ortho intramolecular Hbond substituents is 4. The van der Waals surface area contributed by atoms with E-state index in [4.69, 9.17) is 0 Å². The van der Waals surface area contributed by atoms with E-state index in [1.807, 2.05) is 24.3 Å². The third-order valence-corrected chi connectivity index (χ3v) is 5.40. The fourth-order valence-electron chi connectivity index (χ4n) is 4.09. The van der Waals surface area contributed by atoms with Crippen molar-refractivity contribution >= 4 is 0 Å². The Morgan fingerprint density at radius 1 is 0.467 bits per heavy atom. The lowest BCUT2D eigenvalue weighted by Crippen LogP contribution is -2.32. The summed E-state index contributed by atoms with van der Waals surface area (Å²) in [4.78, 5) is 0. The standard InChI is InChI=1S/C26H22O4/c27-22-9-1-5-18(13-22)17-26(19-6-2-10-23(28)14-19,20-7-3-11-24(29)15-20)21-8-4-12-25(30)16-21/h1-16,27-30H,17H2. The number of rotatable bonds is 5. The molecule has 0 spiro atoms. The molecule has 4 heteroatoms. The lowest BCUT2D eigenvalue weighted by atomic mass is 9.66. The van der Waals surface area contributed by atoms with Gasteiger partial charge < -0.3 is 20.4 Å². The minimum Gasteiger partial charge on any atom is -0.508 e. The van der Waals surface area contributed by atoms with E-state index in [-0.39, 0.29) is 23.0 Å². The maximum Gasteiger partial charge on any atom is 0.115 e. The van der Waals surface area contributed by atoms with E-state index >= 15 is 0 Å². The van der Waals surface area contributed by atoms with Gasteiger partial charge in [-0.1, -0.05) is 48.5 Å². The van der Waals surface area contributed by atoms with Crippen LogP contribution in [0.4, 0.5) is 0 Å². The SMILES string of the molecule is Oc1cccc(CC(c2cccc(O)c2)(c2cccc(O)c2)c2cccc(O)c2)c1. The molecule has 0 aromatic heterocycles.